The SMILES string of the molecule is CCn1cc(C(N)c2ncccc2Cl)cn1. The minimum Gasteiger partial charge on any atom is -0.319 e. The Bertz CT molecular complexity index is 480. The monoisotopic (exact) mass is 236 g/mol. The molecule has 0 spiro atoms. The van der Waals surface area contributed by atoms with Crippen LogP contribution in [0.15, 0.2) is 30.7 Å². The van der Waals surface area contributed by atoms with Crippen molar-refractivity contribution in [2.24, 2.45) is 5.73 Å². The molecule has 0 fully saturated rings. The molecular formula is C11H13ClN4. The van der Waals surface area contributed by atoms with Crippen LogP contribution in [0.3, 0.4) is 0 Å². The van der Waals surface area contributed by atoms with Crippen molar-refractivity contribution in [3.8, 4) is 0 Å². The fraction of sp³-hybridized carbons (Fsp3) is 0.273. The zero-order valence-corrected chi connectivity index (χ0v) is 9.72. The smallest absolute Gasteiger partial charge is 0.0803 e. The van der Waals surface area contributed by atoms with Crippen LogP contribution < -0.4 is 5.73 Å². The Balaban J connectivity index is 2.31. The van der Waals surface area contributed by atoms with Crippen molar-refractivity contribution in [1.82, 2.24) is 14.8 Å². The van der Waals surface area contributed by atoms with Gasteiger partial charge in [-0.3, -0.25) is 9.67 Å². The zero-order valence-electron chi connectivity index (χ0n) is 8.97. The summed E-state index contributed by atoms with van der Waals surface area (Å²) in [7, 11) is 0. The molecule has 2 N–H and O–H groups in total. The first-order valence-corrected chi connectivity index (χ1v) is 5.48. The third-order valence-corrected chi connectivity index (χ3v) is 2.74. The molecule has 0 saturated heterocycles. The molecule has 0 bridgehead atoms. The molecule has 5 heteroatoms. The summed E-state index contributed by atoms with van der Waals surface area (Å²) in [5.74, 6) is 0. The van der Waals surface area contributed by atoms with Crippen molar-refractivity contribution in [1.29, 1.82) is 0 Å². The lowest BCUT2D eigenvalue weighted by Crippen LogP contribution is -2.13. The Kier molecular flexibility index (Phi) is 3.22. The second kappa shape index (κ2) is 4.63. The van der Waals surface area contributed by atoms with Crippen LogP contribution in [0.2, 0.25) is 5.02 Å². The van der Waals surface area contributed by atoms with Gasteiger partial charge in [-0.05, 0) is 19.1 Å². The lowest BCUT2D eigenvalue weighted by atomic mass is 10.1. The fourth-order valence-corrected chi connectivity index (χ4v) is 1.74. The van der Waals surface area contributed by atoms with Crippen LogP contribution in [-0.2, 0) is 6.54 Å². The molecule has 2 aromatic heterocycles. The van der Waals surface area contributed by atoms with Crippen LogP contribution in [0.1, 0.15) is 24.2 Å². The number of nitrogens with zero attached hydrogens (tertiary/aromatic N) is 3. The summed E-state index contributed by atoms with van der Waals surface area (Å²) < 4.78 is 1.83. The molecule has 0 radical (unpaired) electrons. The summed E-state index contributed by atoms with van der Waals surface area (Å²) in [6.07, 6.45) is 5.35. The maximum absolute atomic E-state index is 6.08. The zero-order chi connectivity index (χ0) is 11.5. The predicted molar refractivity (Wildman–Crippen MR) is 63.2 cm³/mol. The predicted octanol–water partition coefficient (Wildman–Crippen LogP) is 2.00. The van der Waals surface area contributed by atoms with E-state index in [9.17, 15) is 0 Å². The molecule has 84 valence electrons. The molecule has 1 atom stereocenters. The number of hydrogen-bond donors (Lipinski definition) is 1. The molecule has 2 heterocycles. The van der Waals surface area contributed by atoms with Gasteiger partial charge in [0.05, 0.1) is 23.0 Å². The van der Waals surface area contributed by atoms with Crippen molar-refractivity contribution < 1.29 is 0 Å². The molecule has 0 saturated carbocycles. The van der Waals surface area contributed by atoms with E-state index in [0.29, 0.717) is 10.7 Å². The van der Waals surface area contributed by atoms with E-state index in [2.05, 4.69) is 10.1 Å². The number of halogens is 1. The van der Waals surface area contributed by atoms with E-state index in [1.54, 1.807) is 24.5 Å². The molecule has 4 nitrogen and oxygen atoms in total. The highest BCUT2D eigenvalue weighted by atomic mass is 35.5. The quantitative estimate of drug-likeness (QED) is 0.887. The summed E-state index contributed by atoms with van der Waals surface area (Å²) in [5, 5.41) is 4.76. The van der Waals surface area contributed by atoms with Crippen molar-refractivity contribution in [3.63, 3.8) is 0 Å². The second-order valence-electron chi connectivity index (χ2n) is 3.48. The molecule has 0 aliphatic carbocycles. The summed E-state index contributed by atoms with van der Waals surface area (Å²) in [4.78, 5) is 4.20. The van der Waals surface area contributed by atoms with Gasteiger partial charge in [-0.1, -0.05) is 11.6 Å². The number of nitrogens with two attached hydrogens (primary N) is 1. The maximum atomic E-state index is 6.08. The molecule has 0 aliphatic heterocycles. The van der Waals surface area contributed by atoms with Gasteiger partial charge in [0.1, 0.15) is 0 Å². The van der Waals surface area contributed by atoms with Crippen molar-refractivity contribution in [2.75, 3.05) is 0 Å². The Hall–Kier alpha value is -1.39. The third kappa shape index (κ3) is 2.08. The number of pyridine rings is 1. The molecule has 16 heavy (non-hydrogen) atoms. The van der Waals surface area contributed by atoms with E-state index in [0.717, 1.165) is 12.1 Å². The highest BCUT2D eigenvalue weighted by Gasteiger charge is 2.15. The van der Waals surface area contributed by atoms with Gasteiger partial charge in [-0.25, -0.2) is 0 Å². The lowest BCUT2D eigenvalue weighted by Gasteiger charge is -2.09. The van der Waals surface area contributed by atoms with E-state index in [-0.39, 0.29) is 6.04 Å². The van der Waals surface area contributed by atoms with E-state index in [1.165, 1.54) is 0 Å². The number of hydrogen-bond acceptors (Lipinski definition) is 3. The first-order valence-electron chi connectivity index (χ1n) is 5.10. The van der Waals surface area contributed by atoms with Gasteiger partial charge in [0.2, 0.25) is 0 Å². The van der Waals surface area contributed by atoms with Gasteiger partial charge in [0.15, 0.2) is 0 Å². The van der Waals surface area contributed by atoms with Gasteiger partial charge in [-0.2, -0.15) is 5.10 Å². The Morgan fingerprint density at radius 2 is 2.38 bits per heavy atom. The summed E-state index contributed by atoms with van der Waals surface area (Å²) in [5.41, 5.74) is 7.68. The second-order valence-corrected chi connectivity index (χ2v) is 3.88. The average molecular weight is 237 g/mol. The lowest BCUT2D eigenvalue weighted by molar-refractivity contribution is 0.658. The Morgan fingerprint density at radius 1 is 1.56 bits per heavy atom. The van der Waals surface area contributed by atoms with Crippen LogP contribution in [0.5, 0.6) is 0 Å². The normalized spacial score (nSPS) is 12.7. The third-order valence-electron chi connectivity index (χ3n) is 2.42. The van der Waals surface area contributed by atoms with E-state index in [4.69, 9.17) is 17.3 Å². The maximum Gasteiger partial charge on any atom is 0.0803 e. The van der Waals surface area contributed by atoms with E-state index in [1.807, 2.05) is 17.8 Å². The minimum atomic E-state index is -0.325. The van der Waals surface area contributed by atoms with Crippen LogP contribution in [0.4, 0.5) is 0 Å². The van der Waals surface area contributed by atoms with Crippen molar-refractivity contribution >= 4 is 11.6 Å². The Morgan fingerprint density at radius 3 is 3.00 bits per heavy atom. The topological polar surface area (TPSA) is 56.7 Å². The van der Waals surface area contributed by atoms with Gasteiger partial charge >= 0.3 is 0 Å². The molecule has 2 aromatic rings. The first-order chi connectivity index (χ1) is 7.72. The largest absolute Gasteiger partial charge is 0.319 e. The van der Waals surface area contributed by atoms with E-state index < -0.39 is 0 Å². The van der Waals surface area contributed by atoms with Gasteiger partial charge in [0.25, 0.3) is 0 Å². The minimum absolute atomic E-state index is 0.325. The van der Waals surface area contributed by atoms with Gasteiger partial charge in [-0.15, -0.1) is 0 Å². The molecule has 2 rings (SSSR count). The summed E-state index contributed by atoms with van der Waals surface area (Å²) >= 11 is 6.04. The number of rotatable bonds is 3. The molecule has 0 amide bonds. The number of aryl methyl sites for hydroxylation is 1. The average Bonchev–Trinajstić information content (AvgIpc) is 2.77. The fourth-order valence-electron chi connectivity index (χ4n) is 1.50. The van der Waals surface area contributed by atoms with Crippen LogP contribution >= 0.6 is 11.6 Å². The molecule has 1 unspecified atom stereocenters. The number of aromatic nitrogens is 3. The Labute approximate surface area is 99.1 Å². The highest BCUT2D eigenvalue weighted by molar-refractivity contribution is 6.31. The highest BCUT2D eigenvalue weighted by Crippen LogP contribution is 2.23. The first kappa shape index (κ1) is 11.1. The molecule has 0 aliphatic rings. The van der Waals surface area contributed by atoms with E-state index >= 15 is 0 Å². The van der Waals surface area contributed by atoms with Gasteiger partial charge < -0.3 is 5.73 Å². The summed E-state index contributed by atoms with van der Waals surface area (Å²) in [6, 6.07) is 3.25. The van der Waals surface area contributed by atoms with Crippen LogP contribution in [0, 0.1) is 0 Å². The van der Waals surface area contributed by atoms with Gasteiger partial charge in [0, 0.05) is 24.5 Å². The molecule has 0 aromatic carbocycles. The van der Waals surface area contributed by atoms with Crippen LogP contribution in [-0.4, -0.2) is 14.8 Å². The molecular weight excluding hydrogens is 224 g/mol. The van der Waals surface area contributed by atoms with Crippen molar-refractivity contribution in [2.45, 2.75) is 19.5 Å². The summed E-state index contributed by atoms with van der Waals surface area (Å²) in [6.45, 7) is 2.85. The van der Waals surface area contributed by atoms with Crippen molar-refractivity contribution in [3.05, 3.63) is 47.0 Å². The standard InChI is InChI=1S/C11H13ClN4/c1-2-16-7-8(6-15-16)10(13)11-9(12)4-3-5-14-11/h3-7,10H,2,13H2,1H3. The van der Waals surface area contributed by atoms with Crippen LogP contribution in [0.25, 0.3) is 0 Å².